The molecule has 1 rings (SSSR count). The second kappa shape index (κ2) is 4.02. The van der Waals surface area contributed by atoms with Crippen molar-refractivity contribution in [3.05, 3.63) is 23.8 Å². The number of aldehydes is 1. The average molecular weight is 182 g/mol. The summed E-state index contributed by atoms with van der Waals surface area (Å²) in [4.78, 5) is 10.2. The lowest BCUT2D eigenvalue weighted by Crippen LogP contribution is -2.13. The highest BCUT2D eigenvalue weighted by Gasteiger charge is 2.06. The molecule has 0 bridgehead atoms. The van der Waals surface area contributed by atoms with Crippen LogP contribution in [-0.4, -0.2) is 20.7 Å². The monoisotopic (exact) mass is 182 g/mol. The molecule has 0 saturated carbocycles. The first-order chi connectivity index (χ1) is 6.13. The normalized spacial score (nSPS) is 10.1. The Balaban J connectivity index is 2.91. The third kappa shape index (κ3) is 2.54. The van der Waals surface area contributed by atoms with E-state index in [4.69, 9.17) is 7.85 Å². The Morgan fingerprint density at radius 2 is 2.15 bits per heavy atom. The third-order valence-corrected chi connectivity index (χ3v) is 1.39. The maximum Gasteiger partial charge on any atom is 0.387 e. The van der Waals surface area contributed by atoms with Crippen LogP contribution in [0.4, 0.5) is 8.78 Å². The molecule has 2 radical (unpaired) electrons. The number of benzene rings is 1. The quantitative estimate of drug-likeness (QED) is 0.512. The maximum absolute atomic E-state index is 11.7. The van der Waals surface area contributed by atoms with Crippen molar-refractivity contribution in [2.45, 2.75) is 6.61 Å². The van der Waals surface area contributed by atoms with Gasteiger partial charge < -0.3 is 4.74 Å². The van der Waals surface area contributed by atoms with Crippen LogP contribution in [0.5, 0.6) is 5.75 Å². The first-order valence-corrected chi connectivity index (χ1v) is 3.43. The summed E-state index contributed by atoms with van der Waals surface area (Å²) >= 11 is 0. The molecule has 1 aromatic carbocycles. The van der Waals surface area contributed by atoms with Crippen LogP contribution < -0.4 is 10.2 Å². The van der Waals surface area contributed by atoms with Gasteiger partial charge in [0.25, 0.3) is 0 Å². The Morgan fingerprint density at radius 3 is 2.62 bits per heavy atom. The van der Waals surface area contributed by atoms with Gasteiger partial charge in [-0.2, -0.15) is 8.78 Å². The molecule has 5 heteroatoms. The average Bonchev–Trinajstić information content (AvgIpc) is 2.08. The molecule has 66 valence electrons. The van der Waals surface area contributed by atoms with E-state index in [1.54, 1.807) is 0 Å². The zero-order valence-electron chi connectivity index (χ0n) is 6.54. The molecule has 0 unspecified atom stereocenters. The molecule has 0 aliphatic heterocycles. The lowest BCUT2D eigenvalue weighted by molar-refractivity contribution is -0.0491. The van der Waals surface area contributed by atoms with E-state index in [9.17, 15) is 13.6 Å². The molecule has 0 fully saturated rings. The van der Waals surface area contributed by atoms with Crippen LogP contribution in [0.15, 0.2) is 18.2 Å². The number of ether oxygens (including phenoxy) is 1. The van der Waals surface area contributed by atoms with Crippen LogP contribution in [-0.2, 0) is 0 Å². The first kappa shape index (κ1) is 9.70. The van der Waals surface area contributed by atoms with Gasteiger partial charge in [-0.1, -0.05) is 11.5 Å². The van der Waals surface area contributed by atoms with Gasteiger partial charge in [0, 0.05) is 5.56 Å². The number of rotatable bonds is 3. The summed E-state index contributed by atoms with van der Waals surface area (Å²) < 4.78 is 27.5. The van der Waals surface area contributed by atoms with E-state index >= 15 is 0 Å². The van der Waals surface area contributed by atoms with Gasteiger partial charge in [0.2, 0.25) is 0 Å². The lowest BCUT2D eigenvalue weighted by Gasteiger charge is -2.07. The minimum Gasteiger partial charge on any atom is -0.435 e. The molecule has 0 atom stereocenters. The molecule has 0 N–H and O–H groups in total. The topological polar surface area (TPSA) is 26.3 Å². The van der Waals surface area contributed by atoms with E-state index in [1.807, 2.05) is 0 Å². The molecule has 0 heterocycles. The second-order valence-corrected chi connectivity index (χ2v) is 2.29. The molecule has 2 nitrogen and oxygen atoms in total. The fraction of sp³-hybridized carbons (Fsp3) is 0.125. The number of halogens is 2. The van der Waals surface area contributed by atoms with Gasteiger partial charge in [-0.15, -0.1) is 0 Å². The molecule has 0 amide bonds. The summed E-state index contributed by atoms with van der Waals surface area (Å²) in [7, 11) is 5.33. The van der Waals surface area contributed by atoms with Crippen molar-refractivity contribution in [1.29, 1.82) is 0 Å². The summed E-state index contributed by atoms with van der Waals surface area (Å²) in [5.74, 6) is -0.124. The van der Waals surface area contributed by atoms with E-state index in [1.165, 1.54) is 18.2 Å². The van der Waals surface area contributed by atoms with Gasteiger partial charge in [-0.05, 0) is 12.1 Å². The molecule has 13 heavy (non-hydrogen) atoms. The maximum atomic E-state index is 11.7. The van der Waals surface area contributed by atoms with Crippen molar-refractivity contribution >= 4 is 19.6 Å². The fourth-order valence-electron chi connectivity index (χ4n) is 0.844. The van der Waals surface area contributed by atoms with Crippen molar-refractivity contribution in [2.24, 2.45) is 0 Å². The summed E-state index contributed by atoms with van der Waals surface area (Å²) in [6.07, 6.45) is 0.572. The van der Waals surface area contributed by atoms with Gasteiger partial charge in [0.1, 0.15) is 19.9 Å². The summed E-state index contributed by atoms with van der Waals surface area (Å²) in [5.41, 5.74) is 0.337. The highest BCUT2D eigenvalue weighted by atomic mass is 19.3. The molecule has 0 aliphatic rings. The summed E-state index contributed by atoms with van der Waals surface area (Å²) in [6.45, 7) is -2.91. The largest absolute Gasteiger partial charge is 0.435 e. The lowest BCUT2D eigenvalue weighted by atomic mass is 9.93. The minimum absolute atomic E-state index is 0.0184. The molecular weight excluding hydrogens is 177 g/mol. The Labute approximate surface area is 74.9 Å². The molecule has 0 spiro atoms. The Kier molecular flexibility index (Phi) is 3.00. The SMILES string of the molecule is [B]c1cc(C=O)ccc1OC(F)F. The highest BCUT2D eigenvalue weighted by Crippen LogP contribution is 2.10. The molecule has 0 aliphatic carbocycles. The smallest absolute Gasteiger partial charge is 0.387 e. The Morgan fingerprint density at radius 1 is 1.46 bits per heavy atom. The zero-order valence-corrected chi connectivity index (χ0v) is 6.54. The molecular formula is C8H5BF2O2. The minimum atomic E-state index is -2.91. The van der Waals surface area contributed by atoms with Crippen LogP contribution in [0.2, 0.25) is 0 Å². The summed E-state index contributed by atoms with van der Waals surface area (Å²) in [5, 5.41) is 0. The predicted octanol–water partition coefficient (Wildman–Crippen LogP) is 0.894. The van der Waals surface area contributed by atoms with Crippen molar-refractivity contribution in [1.82, 2.24) is 0 Å². The van der Waals surface area contributed by atoms with Gasteiger partial charge in [-0.3, -0.25) is 4.79 Å². The van der Waals surface area contributed by atoms with E-state index in [2.05, 4.69) is 4.74 Å². The number of hydrogen-bond acceptors (Lipinski definition) is 2. The second-order valence-electron chi connectivity index (χ2n) is 2.29. The van der Waals surface area contributed by atoms with Crippen LogP contribution in [0.1, 0.15) is 10.4 Å². The van der Waals surface area contributed by atoms with E-state index in [0.29, 0.717) is 11.8 Å². The van der Waals surface area contributed by atoms with Crippen LogP contribution in [0.3, 0.4) is 0 Å². The third-order valence-electron chi connectivity index (χ3n) is 1.39. The van der Waals surface area contributed by atoms with Gasteiger partial charge in [0.15, 0.2) is 0 Å². The van der Waals surface area contributed by atoms with E-state index < -0.39 is 6.61 Å². The van der Waals surface area contributed by atoms with Gasteiger partial charge >= 0.3 is 6.61 Å². The van der Waals surface area contributed by atoms with Crippen LogP contribution >= 0.6 is 0 Å². The first-order valence-electron chi connectivity index (χ1n) is 3.43. The van der Waals surface area contributed by atoms with Gasteiger partial charge in [0.05, 0.1) is 0 Å². The van der Waals surface area contributed by atoms with Crippen LogP contribution in [0.25, 0.3) is 0 Å². The Bertz CT molecular complexity index is 315. The molecule has 1 aromatic rings. The molecule has 0 aromatic heterocycles. The van der Waals surface area contributed by atoms with Crippen molar-refractivity contribution in [2.75, 3.05) is 0 Å². The van der Waals surface area contributed by atoms with Crippen molar-refractivity contribution in [3.8, 4) is 5.75 Å². The number of carbonyl (C=O) groups excluding carboxylic acids is 1. The fourth-order valence-corrected chi connectivity index (χ4v) is 0.844. The highest BCUT2D eigenvalue weighted by molar-refractivity contribution is 6.34. The molecule has 0 saturated heterocycles. The van der Waals surface area contributed by atoms with Crippen LogP contribution in [0, 0.1) is 0 Å². The zero-order chi connectivity index (χ0) is 9.84. The number of alkyl halides is 2. The van der Waals surface area contributed by atoms with E-state index in [0.717, 1.165) is 0 Å². The Hall–Kier alpha value is -1.39. The van der Waals surface area contributed by atoms with Gasteiger partial charge in [-0.25, -0.2) is 0 Å². The van der Waals surface area contributed by atoms with Crippen molar-refractivity contribution in [3.63, 3.8) is 0 Å². The number of carbonyl (C=O) groups is 1. The standard InChI is InChI=1S/C8H5BF2O2/c9-6-3-5(4-12)1-2-7(6)13-8(10)11/h1-4,8H. The summed E-state index contributed by atoms with van der Waals surface area (Å²) in [6, 6.07) is 3.84. The van der Waals surface area contributed by atoms with Crippen molar-refractivity contribution < 1.29 is 18.3 Å². The predicted molar refractivity (Wildman–Crippen MR) is 43.8 cm³/mol. The van der Waals surface area contributed by atoms with E-state index in [-0.39, 0.29) is 11.2 Å². The number of hydrogen-bond donors (Lipinski definition) is 0.